The fourth-order valence-electron chi connectivity index (χ4n) is 2.42. The first-order valence-electron chi connectivity index (χ1n) is 6.59. The summed E-state index contributed by atoms with van der Waals surface area (Å²) in [5.41, 5.74) is 1.76. The number of aromatic amines is 1. The molecule has 1 aromatic heterocycles. The Kier molecular flexibility index (Phi) is 5.18. The second kappa shape index (κ2) is 6.36. The summed E-state index contributed by atoms with van der Waals surface area (Å²) in [4.78, 5) is 3.19. The highest BCUT2D eigenvalue weighted by atomic mass is 127. The van der Waals surface area contributed by atoms with E-state index >= 15 is 0 Å². The largest absolute Gasteiger partial charge is 0.331 e. The van der Waals surface area contributed by atoms with Crippen LogP contribution >= 0.6 is 46.6 Å². The van der Waals surface area contributed by atoms with Gasteiger partial charge in [0, 0.05) is 17.4 Å². The Labute approximate surface area is 141 Å². The molecule has 2 aromatic rings. The molecule has 1 N–H and O–H groups in total. The summed E-state index contributed by atoms with van der Waals surface area (Å²) < 4.78 is 17.3. The summed E-state index contributed by atoms with van der Waals surface area (Å²) in [6.07, 6.45) is 4.26. The molecule has 0 fully saturated rings. The standard InChI is InChI=1S/C14H18FIN2S2/c1-4-14(5-2,20-3)8-18-12-6-9(15)10(16)7-11(12)17-13(18)19/h6-7H,4-5,8H2,1-3H3,(H,17,19). The molecule has 0 aliphatic carbocycles. The number of thioether (sulfide) groups is 1. The predicted molar refractivity (Wildman–Crippen MR) is 96.6 cm³/mol. The van der Waals surface area contributed by atoms with Crippen molar-refractivity contribution in [2.24, 2.45) is 0 Å². The molecule has 110 valence electrons. The summed E-state index contributed by atoms with van der Waals surface area (Å²) in [5.74, 6) is -0.191. The zero-order chi connectivity index (χ0) is 14.9. The number of benzene rings is 1. The first kappa shape index (κ1) is 16.3. The Morgan fingerprint density at radius 1 is 1.40 bits per heavy atom. The third kappa shape index (κ3) is 2.92. The highest BCUT2D eigenvalue weighted by Crippen LogP contribution is 2.34. The third-order valence-corrected chi connectivity index (χ3v) is 6.71. The normalized spacial score (nSPS) is 12.2. The number of fused-ring (bicyclic) bond motifs is 1. The Bertz CT molecular complexity index is 665. The minimum Gasteiger partial charge on any atom is -0.331 e. The fraction of sp³-hybridized carbons (Fsp3) is 0.500. The Morgan fingerprint density at radius 2 is 2.05 bits per heavy atom. The lowest BCUT2D eigenvalue weighted by molar-refractivity contribution is 0.470. The minimum absolute atomic E-state index is 0.146. The van der Waals surface area contributed by atoms with Gasteiger partial charge in [0.1, 0.15) is 5.82 Å². The molecule has 0 atom stereocenters. The summed E-state index contributed by atoms with van der Waals surface area (Å²) >= 11 is 9.29. The van der Waals surface area contributed by atoms with Gasteiger partial charge in [0.15, 0.2) is 4.77 Å². The van der Waals surface area contributed by atoms with Crippen molar-refractivity contribution in [3.8, 4) is 0 Å². The third-order valence-electron chi connectivity index (χ3n) is 3.98. The Balaban J connectivity index is 2.57. The first-order chi connectivity index (χ1) is 9.46. The molecule has 0 bridgehead atoms. The molecule has 0 saturated carbocycles. The van der Waals surface area contributed by atoms with Gasteiger partial charge in [0.2, 0.25) is 0 Å². The lowest BCUT2D eigenvalue weighted by Crippen LogP contribution is -2.29. The average Bonchev–Trinajstić information content (AvgIpc) is 2.72. The summed E-state index contributed by atoms with van der Waals surface area (Å²) in [7, 11) is 0. The molecule has 0 unspecified atom stereocenters. The van der Waals surface area contributed by atoms with Crippen LogP contribution in [-0.2, 0) is 6.54 Å². The monoisotopic (exact) mass is 424 g/mol. The molecule has 0 aliphatic rings. The van der Waals surface area contributed by atoms with Crippen LogP contribution in [0.2, 0.25) is 0 Å². The van der Waals surface area contributed by atoms with Crippen LogP contribution in [0.25, 0.3) is 11.0 Å². The van der Waals surface area contributed by atoms with Crippen molar-refractivity contribution in [3.63, 3.8) is 0 Å². The molecular weight excluding hydrogens is 406 g/mol. The minimum atomic E-state index is -0.191. The molecule has 0 saturated heterocycles. The predicted octanol–water partition coefficient (Wildman–Crippen LogP) is 5.36. The van der Waals surface area contributed by atoms with Crippen molar-refractivity contribution in [3.05, 3.63) is 26.3 Å². The van der Waals surface area contributed by atoms with E-state index < -0.39 is 0 Å². The van der Waals surface area contributed by atoms with Crippen molar-refractivity contribution < 1.29 is 4.39 Å². The van der Waals surface area contributed by atoms with Gasteiger partial charge in [0.25, 0.3) is 0 Å². The van der Waals surface area contributed by atoms with E-state index in [-0.39, 0.29) is 10.6 Å². The van der Waals surface area contributed by atoms with Crippen molar-refractivity contribution in [2.45, 2.75) is 38.0 Å². The SMILES string of the molecule is CCC(CC)(Cn1c(=S)[nH]c2cc(I)c(F)cc21)SC. The summed E-state index contributed by atoms with van der Waals surface area (Å²) in [6.45, 7) is 5.20. The van der Waals surface area contributed by atoms with Gasteiger partial charge in [-0.2, -0.15) is 11.8 Å². The second-order valence-corrected chi connectivity index (χ2v) is 7.72. The van der Waals surface area contributed by atoms with Crippen LogP contribution in [0.1, 0.15) is 26.7 Å². The molecule has 6 heteroatoms. The van der Waals surface area contributed by atoms with E-state index in [0.717, 1.165) is 30.4 Å². The molecule has 2 rings (SSSR count). The van der Waals surface area contributed by atoms with Crippen molar-refractivity contribution in [2.75, 3.05) is 6.26 Å². The summed E-state index contributed by atoms with van der Waals surface area (Å²) in [6, 6.07) is 3.40. The van der Waals surface area contributed by atoms with Gasteiger partial charge < -0.3 is 9.55 Å². The molecular formula is C14H18FIN2S2. The van der Waals surface area contributed by atoms with E-state index in [4.69, 9.17) is 12.2 Å². The van der Waals surface area contributed by atoms with Gasteiger partial charge in [-0.1, -0.05) is 13.8 Å². The highest BCUT2D eigenvalue weighted by molar-refractivity contribution is 14.1. The fourth-order valence-corrected chi connectivity index (χ4v) is 4.00. The molecule has 0 amide bonds. The quantitative estimate of drug-likeness (QED) is 0.515. The van der Waals surface area contributed by atoms with Crippen molar-refractivity contribution >= 4 is 57.6 Å². The number of imidazole rings is 1. The summed E-state index contributed by atoms with van der Waals surface area (Å²) in [5, 5.41) is 0. The van der Waals surface area contributed by atoms with Crippen LogP contribution < -0.4 is 0 Å². The zero-order valence-electron chi connectivity index (χ0n) is 11.8. The Morgan fingerprint density at radius 3 is 2.60 bits per heavy atom. The number of H-pyrrole nitrogens is 1. The molecule has 1 aromatic carbocycles. The molecule has 0 spiro atoms. The van der Waals surface area contributed by atoms with E-state index in [1.54, 1.807) is 6.07 Å². The number of hydrogen-bond donors (Lipinski definition) is 1. The maximum atomic E-state index is 13.8. The number of rotatable bonds is 5. The van der Waals surface area contributed by atoms with Crippen LogP contribution in [0.4, 0.5) is 4.39 Å². The molecule has 2 nitrogen and oxygen atoms in total. The van der Waals surface area contributed by atoms with Crippen LogP contribution in [0.3, 0.4) is 0 Å². The Hall–Kier alpha value is -0.0800. The van der Waals surface area contributed by atoms with E-state index in [2.05, 4.69) is 25.1 Å². The van der Waals surface area contributed by atoms with E-state index in [1.807, 2.05) is 45.0 Å². The number of halogens is 2. The molecule has 1 heterocycles. The van der Waals surface area contributed by atoms with Gasteiger partial charge in [-0.05, 0) is 60.0 Å². The maximum Gasteiger partial charge on any atom is 0.178 e. The molecule has 0 aliphatic heterocycles. The number of nitrogens with one attached hydrogen (secondary N) is 1. The van der Waals surface area contributed by atoms with Gasteiger partial charge in [-0.25, -0.2) is 4.39 Å². The molecule has 0 radical (unpaired) electrons. The average molecular weight is 424 g/mol. The number of hydrogen-bond acceptors (Lipinski definition) is 2. The maximum absolute atomic E-state index is 13.8. The van der Waals surface area contributed by atoms with Crippen LogP contribution in [-0.4, -0.2) is 20.6 Å². The van der Waals surface area contributed by atoms with Gasteiger partial charge in [-0.15, -0.1) is 0 Å². The lowest BCUT2D eigenvalue weighted by Gasteiger charge is -2.30. The van der Waals surface area contributed by atoms with Crippen molar-refractivity contribution in [1.82, 2.24) is 9.55 Å². The lowest BCUT2D eigenvalue weighted by atomic mass is 10.0. The molecule has 20 heavy (non-hydrogen) atoms. The van der Waals surface area contributed by atoms with E-state index in [1.165, 1.54) is 0 Å². The van der Waals surface area contributed by atoms with Gasteiger partial charge in [0.05, 0.1) is 14.6 Å². The smallest absolute Gasteiger partial charge is 0.178 e. The van der Waals surface area contributed by atoms with Crippen LogP contribution in [0.5, 0.6) is 0 Å². The van der Waals surface area contributed by atoms with Crippen LogP contribution in [0.15, 0.2) is 12.1 Å². The van der Waals surface area contributed by atoms with Crippen molar-refractivity contribution in [1.29, 1.82) is 0 Å². The van der Waals surface area contributed by atoms with E-state index in [0.29, 0.717) is 8.34 Å². The first-order valence-corrected chi connectivity index (χ1v) is 9.30. The number of nitrogens with zero attached hydrogens (tertiary/aromatic N) is 1. The number of aromatic nitrogens is 2. The topological polar surface area (TPSA) is 20.7 Å². The second-order valence-electron chi connectivity index (χ2n) is 4.89. The van der Waals surface area contributed by atoms with Crippen LogP contribution in [0, 0.1) is 14.2 Å². The highest BCUT2D eigenvalue weighted by Gasteiger charge is 2.26. The van der Waals surface area contributed by atoms with Gasteiger partial charge in [-0.3, -0.25) is 0 Å². The van der Waals surface area contributed by atoms with Gasteiger partial charge >= 0.3 is 0 Å². The van der Waals surface area contributed by atoms with E-state index in [9.17, 15) is 4.39 Å². The zero-order valence-corrected chi connectivity index (χ0v) is 15.6.